The molecule has 13 aromatic rings. The molecule has 0 aliphatic heterocycles. The Bertz CT molecular complexity index is 4070. The van der Waals surface area contributed by atoms with Crippen LogP contribution in [-0.4, -0.2) is 0 Å². The molecule has 3 heteroatoms. The molecular weight excluding hydrogens is 867 g/mol. The van der Waals surface area contributed by atoms with Gasteiger partial charge in [0.2, 0.25) is 0 Å². The van der Waals surface area contributed by atoms with Crippen molar-refractivity contribution < 1.29 is 4.42 Å². The van der Waals surface area contributed by atoms with Gasteiger partial charge in [-0.1, -0.05) is 218 Å². The number of anilines is 3. The van der Waals surface area contributed by atoms with Gasteiger partial charge in [-0.25, -0.2) is 0 Å². The van der Waals surface area contributed by atoms with Gasteiger partial charge in [0, 0.05) is 53.4 Å². The molecule has 1 aliphatic rings. The molecule has 2 heterocycles. The van der Waals surface area contributed by atoms with Crippen LogP contribution >= 0.6 is 11.3 Å². The highest BCUT2D eigenvalue weighted by molar-refractivity contribution is 7.26. The van der Waals surface area contributed by atoms with E-state index in [1.807, 2.05) is 23.5 Å². The van der Waals surface area contributed by atoms with E-state index in [-0.39, 0.29) is 0 Å². The lowest BCUT2D eigenvalue weighted by atomic mass is 9.68. The molecular formula is C67H43NOS. The summed E-state index contributed by atoms with van der Waals surface area (Å²) in [5.74, 6) is 0. The largest absolute Gasteiger partial charge is 0.455 e. The maximum absolute atomic E-state index is 6.42. The van der Waals surface area contributed by atoms with Crippen LogP contribution in [0.25, 0.3) is 86.6 Å². The van der Waals surface area contributed by atoms with E-state index in [9.17, 15) is 0 Å². The zero-order valence-corrected chi connectivity index (χ0v) is 38.9. The maximum atomic E-state index is 6.42. The van der Waals surface area contributed by atoms with Gasteiger partial charge in [-0.2, -0.15) is 0 Å². The Labute approximate surface area is 410 Å². The number of benzene rings is 11. The van der Waals surface area contributed by atoms with Crippen LogP contribution in [0.5, 0.6) is 0 Å². The van der Waals surface area contributed by atoms with Crippen LogP contribution < -0.4 is 4.90 Å². The van der Waals surface area contributed by atoms with Crippen LogP contribution in [-0.2, 0) is 5.41 Å². The summed E-state index contributed by atoms with van der Waals surface area (Å²) in [4.78, 5) is 2.48. The topological polar surface area (TPSA) is 16.4 Å². The summed E-state index contributed by atoms with van der Waals surface area (Å²) in [6.45, 7) is 0. The molecule has 11 aromatic carbocycles. The van der Waals surface area contributed by atoms with Crippen molar-refractivity contribution in [3.63, 3.8) is 0 Å². The molecule has 328 valence electrons. The minimum absolute atomic E-state index is 0.527. The standard InChI is InChI=1S/C67H43NOS/c1-3-18-48(19-4-1)67(49-20-5-2-6-21-49)59-30-10-7-25-58(59)64-60(67)31-16-32-61(64)68(51-22-13-17-47(43-51)53-27-15-29-57-55-24-9-12-34-63(55)70-66(53)57)50-41-39-45(40-42-50)44-35-37-46(38-36-44)52-26-14-28-56-54-23-8-11-33-62(54)69-65(52)56/h1-43H. The van der Waals surface area contributed by atoms with Crippen LogP contribution in [0.4, 0.5) is 17.1 Å². The molecule has 0 atom stereocenters. The van der Waals surface area contributed by atoms with Gasteiger partial charge < -0.3 is 9.32 Å². The lowest BCUT2D eigenvalue weighted by Crippen LogP contribution is -2.28. The van der Waals surface area contributed by atoms with E-state index in [1.54, 1.807) is 0 Å². The first kappa shape index (κ1) is 40.3. The molecule has 0 saturated heterocycles. The molecule has 0 amide bonds. The second-order valence-corrected chi connectivity index (χ2v) is 19.4. The van der Waals surface area contributed by atoms with E-state index in [1.165, 1.54) is 64.7 Å². The first-order valence-corrected chi connectivity index (χ1v) is 24.8. The molecule has 1 aliphatic carbocycles. The maximum Gasteiger partial charge on any atom is 0.143 e. The summed E-state index contributed by atoms with van der Waals surface area (Å²) in [7, 11) is 0. The van der Waals surface area contributed by atoms with Gasteiger partial charge in [0.25, 0.3) is 0 Å². The van der Waals surface area contributed by atoms with Crippen molar-refractivity contribution in [3.05, 3.63) is 283 Å². The van der Waals surface area contributed by atoms with E-state index >= 15 is 0 Å². The van der Waals surface area contributed by atoms with E-state index in [0.717, 1.165) is 61.3 Å². The zero-order valence-electron chi connectivity index (χ0n) is 38.1. The lowest BCUT2D eigenvalue weighted by Gasteiger charge is -2.34. The molecule has 0 unspecified atom stereocenters. The van der Waals surface area contributed by atoms with Crippen molar-refractivity contribution in [1.29, 1.82) is 0 Å². The SMILES string of the molecule is c1ccc(C2(c3ccccc3)c3ccccc3-c3c(N(c4ccc(-c5ccc(-c6cccc7c6oc6ccccc67)cc5)cc4)c4cccc(-c5cccc6c5sc5ccccc56)c4)cccc32)cc1. The number of para-hydroxylation sites is 2. The molecule has 0 fully saturated rings. The Hall–Kier alpha value is -8.76. The molecule has 14 rings (SSSR count). The Morgan fingerprint density at radius 2 is 0.929 bits per heavy atom. The van der Waals surface area contributed by atoms with Gasteiger partial charge in [-0.3, -0.25) is 0 Å². The quantitative estimate of drug-likeness (QED) is 0.151. The predicted molar refractivity (Wildman–Crippen MR) is 295 cm³/mol. The van der Waals surface area contributed by atoms with Crippen LogP contribution in [0, 0.1) is 0 Å². The van der Waals surface area contributed by atoms with Crippen molar-refractivity contribution in [2.75, 3.05) is 4.90 Å². The van der Waals surface area contributed by atoms with Crippen molar-refractivity contribution >= 4 is 70.5 Å². The average Bonchev–Trinajstić information content (AvgIpc) is 4.11. The molecule has 0 N–H and O–H groups in total. The lowest BCUT2D eigenvalue weighted by molar-refractivity contribution is 0.670. The van der Waals surface area contributed by atoms with E-state index in [0.29, 0.717) is 0 Å². The molecule has 0 radical (unpaired) electrons. The number of fused-ring (bicyclic) bond motifs is 9. The van der Waals surface area contributed by atoms with Gasteiger partial charge in [0.1, 0.15) is 11.2 Å². The highest BCUT2D eigenvalue weighted by Crippen LogP contribution is 2.59. The summed E-state index contributed by atoms with van der Waals surface area (Å²) < 4.78 is 9.04. The van der Waals surface area contributed by atoms with Crippen molar-refractivity contribution in [2.24, 2.45) is 0 Å². The number of nitrogens with zero attached hydrogens (tertiary/aromatic N) is 1. The Morgan fingerprint density at radius 1 is 0.357 bits per heavy atom. The second-order valence-electron chi connectivity index (χ2n) is 18.3. The van der Waals surface area contributed by atoms with Gasteiger partial charge in [0.15, 0.2) is 0 Å². The van der Waals surface area contributed by atoms with Crippen molar-refractivity contribution in [3.8, 4) is 44.5 Å². The summed E-state index contributed by atoms with van der Waals surface area (Å²) in [6.07, 6.45) is 0. The third-order valence-electron chi connectivity index (χ3n) is 14.6. The van der Waals surface area contributed by atoms with Gasteiger partial charge in [0.05, 0.1) is 11.1 Å². The third kappa shape index (κ3) is 6.19. The minimum Gasteiger partial charge on any atom is -0.455 e. The summed E-state index contributed by atoms with van der Waals surface area (Å²) in [5.41, 5.74) is 19.1. The Morgan fingerprint density at radius 3 is 1.71 bits per heavy atom. The number of hydrogen-bond acceptors (Lipinski definition) is 3. The normalized spacial score (nSPS) is 12.7. The van der Waals surface area contributed by atoms with Crippen molar-refractivity contribution in [1.82, 2.24) is 0 Å². The Balaban J connectivity index is 0.935. The number of thiophene rings is 1. The first-order valence-electron chi connectivity index (χ1n) is 24.0. The van der Waals surface area contributed by atoms with Crippen molar-refractivity contribution in [2.45, 2.75) is 5.41 Å². The molecule has 0 spiro atoms. The summed E-state index contributed by atoms with van der Waals surface area (Å²) in [6, 6.07) is 95.5. The number of furan rings is 1. The fourth-order valence-corrected chi connectivity index (χ4v) is 12.7. The van der Waals surface area contributed by atoms with E-state index in [4.69, 9.17) is 4.42 Å². The summed E-state index contributed by atoms with van der Waals surface area (Å²) >= 11 is 1.88. The smallest absolute Gasteiger partial charge is 0.143 e. The molecule has 2 nitrogen and oxygen atoms in total. The summed E-state index contributed by atoms with van der Waals surface area (Å²) in [5, 5.41) is 4.88. The van der Waals surface area contributed by atoms with Crippen LogP contribution in [0.2, 0.25) is 0 Å². The van der Waals surface area contributed by atoms with E-state index < -0.39 is 5.41 Å². The minimum atomic E-state index is -0.527. The molecule has 2 aromatic heterocycles. The molecule has 0 bridgehead atoms. The van der Waals surface area contributed by atoms with Crippen LogP contribution in [0.3, 0.4) is 0 Å². The second kappa shape index (κ2) is 16.2. The predicted octanol–water partition coefficient (Wildman–Crippen LogP) is 18.8. The number of rotatable bonds is 8. The first-order chi connectivity index (χ1) is 34.7. The van der Waals surface area contributed by atoms with Gasteiger partial charge in [-0.15, -0.1) is 11.3 Å². The van der Waals surface area contributed by atoms with Crippen LogP contribution in [0.15, 0.2) is 265 Å². The highest BCUT2D eigenvalue weighted by atomic mass is 32.1. The van der Waals surface area contributed by atoms with Gasteiger partial charge >= 0.3 is 0 Å². The fourth-order valence-electron chi connectivity index (χ4n) is 11.5. The highest BCUT2D eigenvalue weighted by Gasteiger charge is 2.47. The monoisotopic (exact) mass is 909 g/mol. The number of hydrogen-bond donors (Lipinski definition) is 0. The molecule has 0 saturated carbocycles. The average molecular weight is 910 g/mol. The van der Waals surface area contributed by atoms with Gasteiger partial charge in [-0.05, 0) is 98.1 Å². The fraction of sp³-hybridized carbons (Fsp3) is 0.0149. The molecule has 70 heavy (non-hydrogen) atoms. The Kier molecular flexibility index (Phi) is 9.33. The third-order valence-corrected chi connectivity index (χ3v) is 15.8. The van der Waals surface area contributed by atoms with E-state index in [2.05, 4.69) is 254 Å². The zero-order chi connectivity index (χ0) is 46.2. The van der Waals surface area contributed by atoms with Crippen LogP contribution in [0.1, 0.15) is 22.3 Å².